The van der Waals surface area contributed by atoms with Crippen molar-refractivity contribution < 1.29 is 9.66 Å². The Morgan fingerprint density at radius 1 is 0.792 bits per heavy atom. The molecule has 1 aliphatic heterocycles. The number of hydrogen-bond acceptors (Lipinski definition) is 3. The van der Waals surface area contributed by atoms with E-state index in [-0.39, 0.29) is 10.6 Å². The van der Waals surface area contributed by atoms with E-state index >= 15 is 0 Å². The summed E-state index contributed by atoms with van der Waals surface area (Å²) in [5, 5.41) is 11.4. The molecule has 0 saturated heterocycles. The van der Waals surface area contributed by atoms with Crippen LogP contribution in [0.5, 0.6) is 11.5 Å². The molecule has 3 aromatic carbocycles. The molecule has 0 unspecified atom stereocenters. The van der Waals surface area contributed by atoms with E-state index in [0.29, 0.717) is 5.56 Å². The Labute approximate surface area is 139 Å². The number of fused-ring (bicyclic) bond motifs is 2. The van der Waals surface area contributed by atoms with Gasteiger partial charge in [-0.3, -0.25) is 10.1 Å². The predicted molar refractivity (Wildman–Crippen MR) is 92.5 cm³/mol. The van der Waals surface area contributed by atoms with Crippen LogP contribution < -0.4 is 4.74 Å². The molecule has 0 bridgehead atoms. The summed E-state index contributed by atoms with van der Waals surface area (Å²) in [5.74, 6) is 1.54. The molecule has 118 valence electrons. The number of nitro groups is 1. The topological polar surface area (TPSA) is 52.4 Å². The lowest BCUT2D eigenvalue weighted by Gasteiger charge is -2.14. The number of benzene rings is 3. The number of aryl methyl sites for hydroxylation is 2. The standard InChI is InChI=1S/C20H15NO3/c22-21(23)18-10-3-2-8-16(18)17-9-5-7-15-13-12-14-6-1-4-11-19(14)24-20(15)17/h1-11H,12-13H2. The van der Waals surface area contributed by atoms with Gasteiger partial charge in [-0.2, -0.15) is 0 Å². The number of rotatable bonds is 2. The molecular formula is C20H15NO3. The van der Waals surface area contributed by atoms with Gasteiger partial charge in [-0.05, 0) is 36.1 Å². The second kappa shape index (κ2) is 5.81. The van der Waals surface area contributed by atoms with Crippen LogP contribution in [-0.2, 0) is 12.8 Å². The van der Waals surface area contributed by atoms with Crippen molar-refractivity contribution >= 4 is 5.69 Å². The highest BCUT2D eigenvalue weighted by Gasteiger charge is 2.22. The normalized spacial score (nSPS) is 12.5. The second-order valence-electron chi connectivity index (χ2n) is 5.78. The first-order valence-electron chi connectivity index (χ1n) is 7.85. The quantitative estimate of drug-likeness (QED) is 0.485. The maximum atomic E-state index is 11.4. The third-order valence-electron chi connectivity index (χ3n) is 4.34. The third-order valence-corrected chi connectivity index (χ3v) is 4.34. The predicted octanol–water partition coefficient (Wildman–Crippen LogP) is 5.15. The van der Waals surface area contributed by atoms with Gasteiger partial charge in [0.15, 0.2) is 0 Å². The zero-order chi connectivity index (χ0) is 16.5. The average molecular weight is 317 g/mol. The summed E-state index contributed by atoms with van der Waals surface area (Å²) in [6.45, 7) is 0. The molecule has 0 spiro atoms. The van der Waals surface area contributed by atoms with Crippen molar-refractivity contribution in [2.24, 2.45) is 0 Å². The van der Waals surface area contributed by atoms with E-state index in [0.717, 1.165) is 41.0 Å². The van der Waals surface area contributed by atoms with Crippen LogP contribution in [0.1, 0.15) is 11.1 Å². The summed E-state index contributed by atoms with van der Waals surface area (Å²) in [6, 6.07) is 20.6. The van der Waals surface area contributed by atoms with E-state index < -0.39 is 0 Å². The number of ether oxygens (including phenoxy) is 1. The summed E-state index contributed by atoms with van der Waals surface area (Å²) in [7, 11) is 0. The summed E-state index contributed by atoms with van der Waals surface area (Å²) in [5.41, 5.74) is 3.66. The molecule has 0 aliphatic carbocycles. The van der Waals surface area contributed by atoms with E-state index in [4.69, 9.17) is 4.74 Å². The Morgan fingerprint density at radius 2 is 1.46 bits per heavy atom. The van der Waals surface area contributed by atoms with Gasteiger partial charge in [-0.1, -0.05) is 48.5 Å². The average Bonchev–Trinajstić information content (AvgIpc) is 2.80. The fourth-order valence-corrected chi connectivity index (χ4v) is 3.16. The summed E-state index contributed by atoms with van der Waals surface area (Å²) in [6.07, 6.45) is 1.74. The largest absolute Gasteiger partial charge is 0.456 e. The fraction of sp³-hybridized carbons (Fsp3) is 0.100. The molecule has 0 amide bonds. The van der Waals surface area contributed by atoms with Crippen LogP contribution in [0, 0.1) is 10.1 Å². The molecule has 1 heterocycles. The molecule has 0 atom stereocenters. The molecule has 1 aliphatic rings. The maximum Gasteiger partial charge on any atom is 0.277 e. The van der Waals surface area contributed by atoms with Gasteiger partial charge in [0.2, 0.25) is 0 Å². The van der Waals surface area contributed by atoms with Gasteiger partial charge in [0.1, 0.15) is 11.5 Å². The lowest BCUT2D eigenvalue weighted by atomic mass is 9.97. The molecular weight excluding hydrogens is 302 g/mol. The summed E-state index contributed by atoms with van der Waals surface area (Å²) < 4.78 is 6.20. The van der Waals surface area contributed by atoms with Crippen molar-refractivity contribution in [1.29, 1.82) is 0 Å². The van der Waals surface area contributed by atoms with E-state index in [1.165, 1.54) is 6.07 Å². The molecule has 0 radical (unpaired) electrons. The third kappa shape index (κ3) is 2.42. The molecule has 4 nitrogen and oxygen atoms in total. The van der Waals surface area contributed by atoms with Crippen LogP contribution in [0.2, 0.25) is 0 Å². The first-order chi connectivity index (χ1) is 11.7. The highest BCUT2D eigenvalue weighted by molar-refractivity contribution is 5.80. The van der Waals surface area contributed by atoms with Gasteiger partial charge >= 0.3 is 0 Å². The lowest BCUT2D eigenvalue weighted by molar-refractivity contribution is -0.384. The van der Waals surface area contributed by atoms with E-state index in [1.54, 1.807) is 12.1 Å². The Hall–Kier alpha value is -3.14. The van der Waals surface area contributed by atoms with Crippen molar-refractivity contribution in [3.63, 3.8) is 0 Å². The molecule has 0 saturated carbocycles. The zero-order valence-corrected chi connectivity index (χ0v) is 12.9. The molecule has 24 heavy (non-hydrogen) atoms. The smallest absolute Gasteiger partial charge is 0.277 e. The molecule has 0 fully saturated rings. The van der Waals surface area contributed by atoms with Crippen molar-refractivity contribution in [2.45, 2.75) is 12.8 Å². The number of nitrogens with zero attached hydrogens (tertiary/aromatic N) is 1. The summed E-state index contributed by atoms with van der Waals surface area (Å²) in [4.78, 5) is 11.0. The highest BCUT2D eigenvalue weighted by Crippen LogP contribution is 2.42. The fourth-order valence-electron chi connectivity index (χ4n) is 3.16. The molecule has 0 N–H and O–H groups in total. The Balaban J connectivity index is 1.91. The van der Waals surface area contributed by atoms with Crippen LogP contribution in [0.25, 0.3) is 11.1 Å². The number of para-hydroxylation sites is 3. The van der Waals surface area contributed by atoms with Crippen molar-refractivity contribution in [3.8, 4) is 22.6 Å². The van der Waals surface area contributed by atoms with Gasteiger partial charge in [-0.15, -0.1) is 0 Å². The lowest BCUT2D eigenvalue weighted by Crippen LogP contribution is -1.96. The molecule has 4 rings (SSSR count). The Kier molecular flexibility index (Phi) is 3.50. The van der Waals surface area contributed by atoms with E-state index in [1.807, 2.05) is 42.5 Å². The van der Waals surface area contributed by atoms with Gasteiger partial charge in [0.05, 0.1) is 10.5 Å². The zero-order valence-electron chi connectivity index (χ0n) is 12.9. The first-order valence-corrected chi connectivity index (χ1v) is 7.85. The number of hydrogen-bond donors (Lipinski definition) is 0. The molecule has 3 aromatic rings. The van der Waals surface area contributed by atoms with Crippen LogP contribution in [0.15, 0.2) is 66.7 Å². The maximum absolute atomic E-state index is 11.4. The van der Waals surface area contributed by atoms with Crippen LogP contribution in [0.3, 0.4) is 0 Å². The molecule has 4 heteroatoms. The van der Waals surface area contributed by atoms with E-state index in [9.17, 15) is 10.1 Å². The van der Waals surface area contributed by atoms with Crippen LogP contribution >= 0.6 is 0 Å². The summed E-state index contributed by atoms with van der Waals surface area (Å²) >= 11 is 0. The van der Waals surface area contributed by atoms with Gasteiger partial charge in [-0.25, -0.2) is 0 Å². The van der Waals surface area contributed by atoms with Gasteiger partial charge < -0.3 is 4.74 Å². The van der Waals surface area contributed by atoms with Gasteiger partial charge in [0.25, 0.3) is 5.69 Å². The van der Waals surface area contributed by atoms with Crippen molar-refractivity contribution in [2.75, 3.05) is 0 Å². The van der Waals surface area contributed by atoms with Crippen molar-refractivity contribution in [1.82, 2.24) is 0 Å². The second-order valence-corrected chi connectivity index (χ2v) is 5.78. The minimum Gasteiger partial charge on any atom is -0.456 e. The minimum atomic E-state index is -0.348. The first kappa shape index (κ1) is 14.5. The molecule has 0 aromatic heterocycles. The Morgan fingerprint density at radius 3 is 2.33 bits per heavy atom. The van der Waals surface area contributed by atoms with Crippen molar-refractivity contribution in [3.05, 3.63) is 88.0 Å². The minimum absolute atomic E-state index is 0.0898. The van der Waals surface area contributed by atoms with Crippen LogP contribution in [0.4, 0.5) is 5.69 Å². The number of nitro benzene ring substituents is 1. The van der Waals surface area contributed by atoms with Crippen LogP contribution in [-0.4, -0.2) is 4.92 Å². The monoisotopic (exact) mass is 317 g/mol. The Bertz CT molecular complexity index is 934. The highest BCUT2D eigenvalue weighted by atomic mass is 16.6. The van der Waals surface area contributed by atoms with Gasteiger partial charge in [0, 0.05) is 11.6 Å². The van der Waals surface area contributed by atoms with E-state index in [2.05, 4.69) is 6.07 Å². The SMILES string of the molecule is O=[N+]([O-])c1ccccc1-c1cccc2c1Oc1ccccc1CC2.